The quantitative estimate of drug-likeness (QED) is 0.570. The fourth-order valence-electron chi connectivity index (χ4n) is 5.76. The highest BCUT2D eigenvalue weighted by molar-refractivity contribution is 6.09. The van der Waals surface area contributed by atoms with Gasteiger partial charge >= 0.3 is 6.18 Å². The third-order valence-electron chi connectivity index (χ3n) is 7.90. The Morgan fingerprint density at radius 2 is 1.59 bits per heavy atom. The number of alkyl halides is 3. The lowest BCUT2D eigenvalue weighted by Crippen LogP contribution is -2.51. The number of amides is 3. The minimum absolute atomic E-state index is 0.0927. The van der Waals surface area contributed by atoms with Gasteiger partial charge in [-0.25, -0.2) is 0 Å². The molecule has 2 aliphatic heterocycles. The molecule has 0 radical (unpaired) electrons. The van der Waals surface area contributed by atoms with E-state index in [1.807, 2.05) is 21.9 Å². The van der Waals surface area contributed by atoms with E-state index in [0.717, 1.165) is 30.5 Å². The van der Waals surface area contributed by atoms with Gasteiger partial charge < -0.3 is 9.80 Å². The molecule has 0 N–H and O–H groups in total. The molecule has 9 heteroatoms. The van der Waals surface area contributed by atoms with Crippen LogP contribution in [0.4, 0.5) is 18.9 Å². The molecule has 0 aromatic heterocycles. The Hall–Kier alpha value is -3.36. The predicted molar refractivity (Wildman–Crippen MR) is 132 cm³/mol. The fraction of sp³-hybridized carbons (Fsp3) is 0.464. The van der Waals surface area contributed by atoms with Crippen molar-refractivity contribution in [2.24, 2.45) is 11.8 Å². The fourth-order valence-corrected chi connectivity index (χ4v) is 5.76. The number of anilines is 1. The van der Waals surface area contributed by atoms with Crippen molar-refractivity contribution in [1.29, 1.82) is 0 Å². The van der Waals surface area contributed by atoms with Gasteiger partial charge in [-0.15, -0.1) is 0 Å². The van der Waals surface area contributed by atoms with Crippen LogP contribution < -0.4 is 4.90 Å². The number of benzene rings is 2. The number of hydrogen-bond acceptors (Lipinski definition) is 4. The summed E-state index contributed by atoms with van der Waals surface area (Å²) < 4.78 is 39.2. The van der Waals surface area contributed by atoms with Crippen molar-refractivity contribution in [3.05, 3.63) is 65.2 Å². The maximum atomic E-state index is 13.2. The summed E-state index contributed by atoms with van der Waals surface area (Å²) >= 11 is 0. The van der Waals surface area contributed by atoms with Gasteiger partial charge in [0.15, 0.2) is 0 Å². The molecule has 2 aromatic carbocycles. The van der Waals surface area contributed by atoms with Crippen LogP contribution >= 0.6 is 0 Å². The molecule has 0 bridgehead atoms. The highest BCUT2D eigenvalue weighted by Crippen LogP contribution is 2.34. The van der Waals surface area contributed by atoms with Gasteiger partial charge in [0.05, 0.1) is 12.0 Å². The maximum absolute atomic E-state index is 13.2. The van der Waals surface area contributed by atoms with E-state index in [1.165, 1.54) is 11.0 Å². The predicted octanol–water partition coefficient (Wildman–Crippen LogP) is 4.39. The third kappa shape index (κ3) is 5.36. The lowest BCUT2D eigenvalue weighted by Gasteiger charge is -2.39. The van der Waals surface area contributed by atoms with E-state index in [1.54, 1.807) is 18.2 Å². The zero-order valence-electron chi connectivity index (χ0n) is 20.5. The molecule has 1 aliphatic carbocycles. The van der Waals surface area contributed by atoms with E-state index in [2.05, 4.69) is 0 Å². The van der Waals surface area contributed by atoms with Gasteiger partial charge in [0.1, 0.15) is 0 Å². The standard InChI is InChI=1S/C28H30F3N3O3/c29-28(30,31)22-5-3-6-23(17-22)32-12-14-33(15-13-32)26(36)20-10-8-19(9-11-20)18-34-25(35)16-21-4-1-2-7-24(21)27(34)37/h1-7,17,19-20H,8-16,18H2. The minimum Gasteiger partial charge on any atom is -0.368 e. The lowest BCUT2D eigenvalue weighted by atomic mass is 9.80. The van der Waals surface area contributed by atoms with Gasteiger partial charge in [-0.1, -0.05) is 24.3 Å². The molecule has 0 spiro atoms. The number of piperazine rings is 1. The Kier molecular flexibility index (Phi) is 6.96. The molecule has 1 saturated carbocycles. The van der Waals surface area contributed by atoms with Gasteiger partial charge in [-0.05, 0) is 61.4 Å². The summed E-state index contributed by atoms with van der Waals surface area (Å²) in [4.78, 5) is 43.7. The molecule has 3 amide bonds. The number of halogens is 3. The number of imide groups is 1. The summed E-state index contributed by atoms with van der Waals surface area (Å²) in [5, 5.41) is 0. The average Bonchev–Trinajstić information content (AvgIpc) is 2.91. The van der Waals surface area contributed by atoms with Crippen LogP contribution in [0, 0.1) is 11.8 Å². The molecular weight excluding hydrogens is 483 g/mol. The van der Waals surface area contributed by atoms with Gasteiger partial charge in [-0.3, -0.25) is 19.3 Å². The van der Waals surface area contributed by atoms with Crippen LogP contribution in [0.3, 0.4) is 0 Å². The van der Waals surface area contributed by atoms with Crippen LogP contribution in [0.25, 0.3) is 0 Å². The second kappa shape index (κ2) is 10.2. The SMILES string of the molecule is O=C(C1CCC(CN2C(=O)Cc3ccccc3C2=O)CC1)N1CCN(c2cccc(C(F)(F)F)c2)CC1. The third-order valence-corrected chi connectivity index (χ3v) is 7.90. The molecule has 0 unspecified atom stereocenters. The lowest BCUT2D eigenvalue weighted by molar-refractivity contribution is -0.138. The Morgan fingerprint density at radius 3 is 2.30 bits per heavy atom. The Labute approximate surface area is 214 Å². The van der Waals surface area contributed by atoms with Crippen molar-refractivity contribution in [3.8, 4) is 0 Å². The summed E-state index contributed by atoms with van der Waals surface area (Å²) in [5.74, 6) is -0.213. The zero-order chi connectivity index (χ0) is 26.2. The minimum atomic E-state index is -4.38. The smallest absolute Gasteiger partial charge is 0.368 e. The number of carbonyl (C=O) groups excluding carboxylic acids is 3. The van der Waals surface area contributed by atoms with Crippen molar-refractivity contribution in [2.45, 2.75) is 38.3 Å². The monoisotopic (exact) mass is 513 g/mol. The first-order chi connectivity index (χ1) is 17.7. The molecule has 3 aliphatic rings. The van der Waals surface area contributed by atoms with Crippen molar-refractivity contribution in [2.75, 3.05) is 37.6 Å². The first kappa shape index (κ1) is 25.3. The number of hydrogen-bond donors (Lipinski definition) is 0. The van der Waals surface area contributed by atoms with Crippen LogP contribution in [-0.2, 0) is 22.2 Å². The molecular formula is C28H30F3N3O3. The average molecular weight is 514 g/mol. The van der Waals surface area contributed by atoms with Crippen LogP contribution in [0.5, 0.6) is 0 Å². The maximum Gasteiger partial charge on any atom is 0.416 e. The normalized spacial score (nSPS) is 22.7. The molecule has 2 fully saturated rings. The Balaban J connectivity index is 1.11. The first-order valence-corrected chi connectivity index (χ1v) is 12.8. The van der Waals surface area contributed by atoms with Gasteiger partial charge in [0, 0.05) is 49.9 Å². The van der Waals surface area contributed by atoms with E-state index >= 15 is 0 Å². The highest BCUT2D eigenvalue weighted by Gasteiger charge is 2.36. The van der Waals surface area contributed by atoms with Gasteiger partial charge in [0.2, 0.25) is 11.8 Å². The molecule has 37 heavy (non-hydrogen) atoms. The zero-order valence-corrected chi connectivity index (χ0v) is 20.5. The van der Waals surface area contributed by atoms with Gasteiger partial charge in [0.25, 0.3) is 5.91 Å². The van der Waals surface area contributed by atoms with E-state index < -0.39 is 11.7 Å². The number of nitrogens with zero attached hydrogens (tertiary/aromatic N) is 3. The molecule has 2 aromatic rings. The topological polar surface area (TPSA) is 60.9 Å². The molecule has 1 saturated heterocycles. The van der Waals surface area contributed by atoms with Crippen molar-refractivity contribution in [3.63, 3.8) is 0 Å². The van der Waals surface area contributed by atoms with Crippen LogP contribution in [0.1, 0.15) is 47.2 Å². The molecule has 2 heterocycles. The van der Waals surface area contributed by atoms with Crippen molar-refractivity contribution < 1.29 is 27.6 Å². The summed E-state index contributed by atoms with van der Waals surface area (Å²) in [5.41, 5.74) is 1.22. The first-order valence-electron chi connectivity index (χ1n) is 12.8. The molecule has 5 rings (SSSR count). The van der Waals surface area contributed by atoms with Crippen molar-refractivity contribution in [1.82, 2.24) is 9.80 Å². The summed E-state index contributed by atoms with van der Waals surface area (Å²) in [7, 11) is 0. The molecule has 6 nitrogen and oxygen atoms in total. The van der Waals surface area contributed by atoms with Crippen LogP contribution in [-0.4, -0.2) is 60.2 Å². The Bertz CT molecular complexity index is 1180. The number of rotatable bonds is 4. The summed E-state index contributed by atoms with van der Waals surface area (Å²) in [6, 6.07) is 12.5. The van der Waals surface area contributed by atoms with E-state index in [0.29, 0.717) is 56.8 Å². The second-order valence-electron chi connectivity index (χ2n) is 10.2. The van der Waals surface area contributed by atoms with Crippen LogP contribution in [0.2, 0.25) is 0 Å². The van der Waals surface area contributed by atoms with Gasteiger partial charge in [-0.2, -0.15) is 13.2 Å². The summed E-state index contributed by atoms with van der Waals surface area (Å²) in [6.45, 7) is 2.32. The van der Waals surface area contributed by atoms with E-state index in [-0.39, 0.29) is 36.0 Å². The number of fused-ring (bicyclic) bond motifs is 1. The summed E-state index contributed by atoms with van der Waals surface area (Å²) in [6.07, 6.45) is -1.17. The van der Waals surface area contributed by atoms with Crippen molar-refractivity contribution >= 4 is 23.4 Å². The van der Waals surface area contributed by atoms with E-state index in [9.17, 15) is 27.6 Å². The molecule has 0 atom stereocenters. The molecule has 196 valence electrons. The largest absolute Gasteiger partial charge is 0.416 e. The second-order valence-corrected chi connectivity index (χ2v) is 10.2. The number of carbonyl (C=O) groups is 3. The van der Waals surface area contributed by atoms with E-state index in [4.69, 9.17) is 0 Å². The highest BCUT2D eigenvalue weighted by atomic mass is 19.4. The Morgan fingerprint density at radius 1 is 0.892 bits per heavy atom. The van der Waals surface area contributed by atoms with Crippen LogP contribution in [0.15, 0.2) is 48.5 Å².